The summed E-state index contributed by atoms with van der Waals surface area (Å²) in [5.74, 6) is -1.08. The molecule has 0 fully saturated rings. The molecular weight excluding hydrogens is 281 g/mol. The van der Waals surface area contributed by atoms with Crippen LogP contribution in [0.1, 0.15) is 10.6 Å². The van der Waals surface area contributed by atoms with Gasteiger partial charge >= 0.3 is 6.61 Å². The van der Waals surface area contributed by atoms with Crippen LogP contribution in [0, 0.1) is 12.7 Å². The first-order valence-corrected chi connectivity index (χ1v) is 6.00. The van der Waals surface area contributed by atoms with Crippen molar-refractivity contribution in [1.29, 1.82) is 0 Å². The van der Waals surface area contributed by atoms with Crippen molar-refractivity contribution in [3.05, 3.63) is 28.7 Å². The number of aliphatic hydroxyl groups excluding tert-OH is 1. The number of hydrogen-bond donors (Lipinski definition) is 1. The molecule has 0 saturated heterocycles. The van der Waals surface area contributed by atoms with Gasteiger partial charge in [0.25, 0.3) is 0 Å². The summed E-state index contributed by atoms with van der Waals surface area (Å²) < 4.78 is 41.9. The molecule has 2 aromatic heterocycles. The number of thiazole rings is 1. The van der Waals surface area contributed by atoms with Gasteiger partial charge in [-0.2, -0.15) is 8.78 Å². The molecule has 0 bridgehead atoms. The Morgan fingerprint density at radius 2 is 2.21 bits per heavy atom. The van der Waals surface area contributed by atoms with Crippen molar-refractivity contribution >= 4 is 11.3 Å². The summed E-state index contributed by atoms with van der Waals surface area (Å²) in [7, 11) is 0. The number of alkyl halides is 2. The summed E-state index contributed by atoms with van der Waals surface area (Å²) in [4.78, 5) is 8.15. The van der Waals surface area contributed by atoms with Crippen LogP contribution in [0.3, 0.4) is 0 Å². The van der Waals surface area contributed by atoms with Crippen molar-refractivity contribution in [3.8, 4) is 16.5 Å². The fourth-order valence-electron chi connectivity index (χ4n) is 1.45. The third-order valence-electron chi connectivity index (χ3n) is 2.29. The molecule has 0 atom stereocenters. The summed E-state index contributed by atoms with van der Waals surface area (Å²) in [6.45, 7) is -1.63. The molecule has 0 aliphatic heterocycles. The van der Waals surface area contributed by atoms with E-state index in [1.807, 2.05) is 0 Å². The summed E-state index contributed by atoms with van der Waals surface area (Å²) in [6.07, 6.45) is 0.786. The molecule has 8 heteroatoms. The second-order valence-corrected chi connectivity index (χ2v) is 4.65. The number of ether oxygens (including phenoxy) is 1. The molecule has 0 aromatic carbocycles. The van der Waals surface area contributed by atoms with Gasteiger partial charge < -0.3 is 9.84 Å². The molecule has 0 saturated carbocycles. The lowest BCUT2D eigenvalue weighted by atomic mass is 10.3. The van der Waals surface area contributed by atoms with E-state index < -0.39 is 18.3 Å². The smallest absolute Gasteiger partial charge is 0.388 e. The molecule has 2 aromatic rings. The Balaban J connectivity index is 2.49. The number of aliphatic hydroxyl groups is 1. The van der Waals surface area contributed by atoms with Gasteiger partial charge in [-0.1, -0.05) is 0 Å². The number of rotatable bonds is 4. The van der Waals surface area contributed by atoms with E-state index in [2.05, 4.69) is 14.7 Å². The van der Waals surface area contributed by atoms with E-state index in [9.17, 15) is 13.2 Å². The van der Waals surface area contributed by atoms with Gasteiger partial charge in [0, 0.05) is 0 Å². The lowest BCUT2D eigenvalue weighted by molar-refractivity contribution is -0.0524. The number of nitrogens with zero attached hydrogens (tertiary/aromatic N) is 2. The number of aryl methyl sites for hydroxylation is 1. The van der Waals surface area contributed by atoms with Crippen molar-refractivity contribution in [2.45, 2.75) is 20.1 Å². The Bertz CT molecular complexity index is 589. The number of pyridine rings is 1. The Labute approximate surface area is 110 Å². The maximum atomic E-state index is 13.2. The van der Waals surface area contributed by atoms with Crippen molar-refractivity contribution in [1.82, 2.24) is 9.97 Å². The van der Waals surface area contributed by atoms with Crippen LogP contribution in [0.5, 0.6) is 5.88 Å². The molecule has 0 aliphatic carbocycles. The second kappa shape index (κ2) is 5.54. The van der Waals surface area contributed by atoms with Crippen molar-refractivity contribution in [2.24, 2.45) is 0 Å². The SMILES string of the molecule is Cc1nc(-c2cc(F)cnc2OC(F)F)sc1CO. The van der Waals surface area contributed by atoms with Crippen LogP contribution in [-0.4, -0.2) is 21.7 Å². The molecule has 19 heavy (non-hydrogen) atoms. The topological polar surface area (TPSA) is 55.2 Å². The molecule has 0 spiro atoms. The Morgan fingerprint density at radius 3 is 2.79 bits per heavy atom. The van der Waals surface area contributed by atoms with Gasteiger partial charge in [0.1, 0.15) is 10.8 Å². The number of hydrogen-bond acceptors (Lipinski definition) is 5. The zero-order valence-corrected chi connectivity index (χ0v) is 10.5. The zero-order valence-electron chi connectivity index (χ0n) is 9.73. The molecule has 102 valence electrons. The maximum absolute atomic E-state index is 13.2. The van der Waals surface area contributed by atoms with Crippen LogP contribution < -0.4 is 4.74 Å². The predicted octanol–water partition coefficient (Wildman–Crippen LogP) is 2.75. The summed E-state index contributed by atoms with van der Waals surface area (Å²) in [6, 6.07) is 1.02. The molecule has 4 nitrogen and oxygen atoms in total. The molecule has 2 rings (SSSR count). The van der Waals surface area contributed by atoms with Crippen LogP contribution in [0.4, 0.5) is 13.2 Å². The predicted molar refractivity (Wildman–Crippen MR) is 62.6 cm³/mol. The molecular formula is C11H9F3N2O2S. The normalized spacial score (nSPS) is 11.1. The average molecular weight is 290 g/mol. The van der Waals surface area contributed by atoms with Crippen molar-refractivity contribution in [2.75, 3.05) is 0 Å². The summed E-state index contributed by atoms with van der Waals surface area (Å²) >= 11 is 1.07. The summed E-state index contributed by atoms with van der Waals surface area (Å²) in [5.41, 5.74) is 0.586. The Kier molecular flexibility index (Phi) is 4.01. The first-order chi connectivity index (χ1) is 9.01. The first kappa shape index (κ1) is 13.8. The Morgan fingerprint density at radius 1 is 1.47 bits per heavy atom. The van der Waals surface area contributed by atoms with E-state index in [0.717, 1.165) is 23.6 Å². The zero-order chi connectivity index (χ0) is 14.0. The van der Waals surface area contributed by atoms with Crippen LogP contribution in [0.15, 0.2) is 12.3 Å². The van der Waals surface area contributed by atoms with E-state index in [1.165, 1.54) is 0 Å². The van der Waals surface area contributed by atoms with E-state index in [0.29, 0.717) is 10.6 Å². The van der Waals surface area contributed by atoms with Gasteiger partial charge in [-0.3, -0.25) is 0 Å². The fraction of sp³-hybridized carbons (Fsp3) is 0.273. The summed E-state index contributed by atoms with van der Waals surface area (Å²) in [5, 5.41) is 9.35. The highest BCUT2D eigenvalue weighted by Crippen LogP contribution is 2.34. The van der Waals surface area contributed by atoms with Crippen LogP contribution in [-0.2, 0) is 6.61 Å². The fourth-order valence-corrected chi connectivity index (χ4v) is 2.38. The largest absolute Gasteiger partial charge is 0.416 e. The quantitative estimate of drug-likeness (QED) is 0.940. The maximum Gasteiger partial charge on any atom is 0.388 e. The minimum Gasteiger partial charge on any atom is -0.416 e. The van der Waals surface area contributed by atoms with Gasteiger partial charge in [-0.25, -0.2) is 14.4 Å². The van der Waals surface area contributed by atoms with Gasteiger partial charge in [-0.05, 0) is 13.0 Å². The van der Waals surface area contributed by atoms with Gasteiger partial charge in [-0.15, -0.1) is 11.3 Å². The van der Waals surface area contributed by atoms with Crippen LogP contribution in [0.2, 0.25) is 0 Å². The molecule has 0 unspecified atom stereocenters. The lowest BCUT2D eigenvalue weighted by Gasteiger charge is -2.07. The third-order valence-corrected chi connectivity index (χ3v) is 3.46. The highest BCUT2D eigenvalue weighted by atomic mass is 32.1. The highest BCUT2D eigenvalue weighted by molar-refractivity contribution is 7.15. The number of halogens is 3. The lowest BCUT2D eigenvalue weighted by Crippen LogP contribution is -2.05. The standard InChI is InChI=1S/C11H9F3N2O2S/c1-5-8(4-17)19-10(16-5)7-2-6(12)3-15-9(7)18-11(13)14/h2-3,11,17H,4H2,1H3. The first-order valence-electron chi connectivity index (χ1n) is 5.19. The van der Waals surface area contributed by atoms with Crippen molar-refractivity contribution < 1.29 is 23.0 Å². The van der Waals surface area contributed by atoms with Crippen LogP contribution >= 0.6 is 11.3 Å². The van der Waals surface area contributed by atoms with Gasteiger partial charge in [0.15, 0.2) is 0 Å². The number of aromatic nitrogens is 2. The Hall–Kier alpha value is -1.67. The van der Waals surface area contributed by atoms with E-state index in [1.54, 1.807) is 6.92 Å². The van der Waals surface area contributed by atoms with Crippen molar-refractivity contribution in [3.63, 3.8) is 0 Å². The molecule has 0 amide bonds. The second-order valence-electron chi connectivity index (χ2n) is 3.57. The highest BCUT2D eigenvalue weighted by Gasteiger charge is 2.18. The van der Waals surface area contributed by atoms with E-state index in [-0.39, 0.29) is 17.2 Å². The molecule has 1 N–H and O–H groups in total. The minimum atomic E-state index is -3.06. The molecule has 0 aliphatic rings. The molecule has 2 heterocycles. The average Bonchev–Trinajstić information content (AvgIpc) is 2.72. The monoisotopic (exact) mass is 290 g/mol. The molecule has 0 radical (unpaired) electrons. The van der Waals surface area contributed by atoms with Crippen LogP contribution in [0.25, 0.3) is 10.6 Å². The van der Waals surface area contributed by atoms with E-state index in [4.69, 9.17) is 5.11 Å². The minimum absolute atomic E-state index is 0.0353. The van der Waals surface area contributed by atoms with Gasteiger partial charge in [0.2, 0.25) is 5.88 Å². The van der Waals surface area contributed by atoms with E-state index >= 15 is 0 Å². The van der Waals surface area contributed by atoms with Gasteiger partial charge in [0.05, 0.1) is 28.9 Å². The third kappa shape index (κ3) is 3.02.